The number of carbonyl (C=O) groups excluding carboxylic acids is 1. The van der Waals surface area contributed by atoms with E-state index in [1.54, 1.807) is 36.4 Å². The predicted octanol–water partition coefficient (Wildman–Crippen LogP) is 3.18. The Morgan fingerprint density at radius 2 is 2.04 bits per heavy atom. The molecule has 0 aliphatic heterocycles. The Labute approximate surface area is 156 Å². The van der Waals surface area contributed by atoms with Gasteiger partial charge in [-0.3, -0.25) is 4.79 Å². The summed E-state index contributed by atoms with van der Waals surface area (Å²) in [5.74, 6) is 0.159. The molecule has 122 valence electrons. The topological polar surface area (TPSA) is 81.9 Å². The Morgan fingerprint density at radius 3 is 2.67 bits per heavy atom. The zero-order valence-electron chi connectivity index (χ0n) is 12.4. The van der Waals surface area contributed by atoms with Crippen molar-refractivity contribution in [1.29, 1.82) is 0 Å². The molecule has 0 fully saturated rings. The average Bonchev–Trinajstić information content (AvgIpc) is 3.12. The molecule has 3 rings (SSSR count). The van der Waals surface area contributed by atoms with Crippen LogP contribution in [0.1, 0.15) is 10.4 Å². The van der Waals surface area contributed by atoms with Crippen molar-refractivity contribution in [2.75, 3.05) is 12.4 Å². The second kappa shape index (κ2) is 7.14. The largest absolute Gasteiger partial charge is 0.496 e. The normalized spacial score (nSPS) is 10.5. The van der Waals surface area contributed by atoms with Crippen LogP contribution in [0.15, 0.2) is 42.7 Å². The van der Waals surface area contributed by atoms with Gasteiger partial charge in [0.05, 0.1) is 23.4 Å². The van der Waals surface area contributed by atoms with Gasteiger partial charge in [-0.15, -0.1) is 5.10 Å². The first-order valence-corrected chi connectivity index (χ1v) is 8.22. The van der Waals surface area contributed by atoms with Crippen molar-refractivity contribution in [1.82, 2.24) is 20.2 Å². The standard InChI is InChI=1S/C15H11ClIN5O2/c1-24-14-7-13(17)12(16)6-11(14)15(23)19-9-2-4-10(5-3-9)22-8-18-20-21-22/h2-8H,1H3,(H,19,23). The molecule has 3 aromatic rings. The van der Waals surface area contributed by atoms with Gasteiger partial charge in [0.15, 0.2) is 0 Å². The van der Waals surface area contributed by atoms with Crippen LogP contribution in [0, 0.1) is 3.57 Å². The zero-order chi connectivity index (χ0) is 17.1. The first-order valence-electron chi connectivity index (χ1n) is 6.76. The molecule has 24 heavy (non-hydrogen) atoms. The molecule has 0 radical (unpaired) electrons. The molecule has 0 spiro atoms. The van der Waals surface area contributed by atoms with Crippen molar-refractivity contribution in [3.05, 3.63) is 56.9 Å². The Hall–Kier alpha value is -2.20. The maximum absolute atomic E-state index is 12.5. The third kappa shape index (κ3) is 3.49. The molecule has 0 atom stereocenters. The Morgan fingerprint density at radius 1 is 1.29 bits per heavy atom. The summed E-state index contributed by atoms with van der Waals surface area (Å²) in [5, 5.41) is 14.3. The highest BCUT2D eigenvalue weighted by Gasteiger charge is 2.15. The first kappa shape index (κ1) is 16.7. The number of benzene rings is 2. The van der Waals surface area contributed by atoms with Crippen molar-refractivity contribution in [2.24, 2.45) is 0 Å². The molecule has 9 heteroatoms. The van der Waals surface area contributed by atoms with Crippen LogP contribution in [-0.4, -0.2) is 33.2 Å². The highest BCUT2D eigenvalue weighted by molar-refractivity contribution is 14.1. The van der Waals surface area contributed by atoms with Crippen LogP contribution in [0.4, 0.5) is 5.69 Å². The van der Waals surface area contributed by atoms with E-state index < -0.39 is 0 Å². The van der Waals surface area contributed by atoms with Crippen molar-refractivity contribution in [3.63, 3.8) is 0 Å². The molecular formula is C15H11ClIN5O2. The molecule has 1 N–H and O–H groups in total. The second-order valence-electron chi connectivity index (χ2n) is 4.72. The van der Waals surface area contributed by atoms with Crippen LogP contribution in [0.25, 0.3) is 5.69 Å². The van der Waals surface area contributed by atoms with Crippen LogP contribution in [0.5, 0.6) is 5.75 Å². The summed E-state index contributed by atoms with van der Waals surface area (Å²) in [5.41, 5.74) is 1.79. The third-order valence-electron chi connectivity index (χ3n) is 3.23. The first-order chi connectivity index (χ1) is 11.6. The number of hydrogen-bond donors (Lipinski definition) is 1. The number of ether oxygens (including phenoxy) is 1. The van der Waals surface area contributed by atoms with Gasteiger partial charge in [0.25, 0.3) is 5.91 Å². The summed E-state index contributed by atoms with van der Waals surface area (Å²) in [6, 6.07) is 10.4. The molecule has 7 nitrogen and oxygen atoms in total. The number of rotatable bonds is 4. The Balaban J connectivity index is 1.81. The predicted molar refractivity (Wildman–Crippen MR) is 97.8 cm³/mol. The van der Waals surface area contributed by atoms with Crippen LogP contribution < -0.4 is 10.1 Å². The molecule has 1 heterocycles. The van der Waals surface area contributed by atoms with E-state index in [2.05, 4.69) is 43.4 Å². The number of amides is 1. The highest BCUT2D eigenvalue weighted by Crippen LogP contribution is 2.29. The molecule has 0 unspecified atom stereocenters. The SMILES string of the molecule is COc1cc(I)c(Cl)cc1C(=O)Nc1ccc(-n2cnnn2)cc1. The lowest BCUT2D eigenvalue weighted by atomic mass is 10.1. The maximum Gasteiger partial charge on any atom is 0.259 e. The van der Waals surface area contributed by atoms with Gasteiger partial charge >= 0.3 is 0 Å². The maximum atomic E-state index is 12.5. The van der Waals surface area contributed by atoms with E-state index in [1.165, 1.54) is 18.1 Å². The number of halogens is 2. The summed E-state index contributed by atoms with van der Waals surface area (Å²) in [7, 11) is 1.51. The van der Waals surface area contributed by atoms with Crippen LogP contribution in [0.3, 0.4) is 0 Å². The fourth-order valence-electron chi connectivity index (χ4n) is 2.05. The van der Waals surface area contributed by atoms with Crippen molar-refractivity contribution >= 4 is 45.8 Å². The lowest BCUT2D eigenvalue weighted by Crippen LogP contribution is -2.13. The van der Waals surface area contributed by atoms with Gasteiger partial charge in [-0.05, 0) is 69.4 Å². The number of anilines is 1. The second-order valence-corrected chi connectivity index (χ2v) is 6.29. The molecule has 1 amide bonds. The number of hydrogen-bond acceptors (Lipinski definition) is 5. The number of tetrazole rings is 1. The molecule has 2 aromatic carbocycles. The molecule has 0 aliphatic carbocycles. The van der Waals surface area contributed by atoms with Gasteiger partial charge in [-0.1, -0.05) is 11.6 Å². The summed E-state index contributed by atoms with van der Waals surface area (Å²) in [4.78, 5) is 12.5. The smallest absolute Gasteiger partial charge is 0.259 e. The van der Waals surface area contributed by atoms with Gasteiger partial charge in [0, 0.05) is 9.26 Å². The van der Waals surface area contributed by atoms with E-state index in [-0.39, 0.29) is 5.91 Å². The van der Waals surface area contributed by atoms with Crippen LogP contribution in [0.2, 0.25) is 5.02 Å². The van der Waals surface area contributed by atoms with Crippen LogP contribution >= 0.6 is 34.2 Å². The fourth-order valence-corrected chi connectivity index (χ4v) is 2.65. The minimum absolute atomic E-state index is 0.305. The van der Waals surface area contributed by atoms with Gasteiger partial charge in [-0.25, -0.2) is 4.68 Å². The average molecular weight is 456 g/mol. The minimum atomic E-state index is -0.305. The molecule has 0 bridgehead atoms. The molecular weight excluding hydrogens is 445 g/mol. The van der Waals surface area contributed by atoms with Crippen molar-refractivity contribution < 1.29 is 9.53 Å². The number of nitrogens with zero attached hydrogens (tertiary/aromatic N) is 4. The van der Waals surface area contributed by atoms with Gasteiger partial charge in [0.2, 0.25) is 0 Å². The summed E-state index contributed by atoms with van der Waals surface area (Å²) in [6.45, 7) is 0. The van der Waals surface area contributed by atoms with Gasteiger partial charge in [-0.2, -0.15) is 0 Å². The van der Waals surface area contributed by atoms with Crippen molar-refractivity contribution in [2.45, 2.75) is 0 Å². The van der Waals surface area contributed by atoms with Crippen LogP contribution in [-0.2, 0) is 0 Å². The minimum Gasteiger partial charge on any atom is -0.496 e. The summed E-state index contributed by atoms with van der Waals surface area (Å²) < 4.78 is 7.59. The Bertz CT molecular complexity index is 868. The number of methoxy groups -OCH3 is 1. The van der Waals surface area contributed by atoms with Gasteiger partial charge < -0.3 is 10.1 Å². The molecule has 0 saturated heterocycles. The molecule has 1 aromatic heterocycles. The number of nitrogens with one attached hydrogen (secondary N) is 1. The summed E-state index contributed by atoms with van der Waals surface area (Å²) >= 11 is 8.19. The van der Waals surface area contributed by atoms with E-state index in [1.807, 2.05) is 0 Å². The van der Waals surface area contributed by atoms with E-state index >= 15 is 0 Å². The van der Waals surface area contributed by atoms with E-state index in [9.17, 15) is 4.79 Å². The van der Waals surface area contributed by atoms with E-state index in [4.69, 9.17) is 16.3 Å². The quantitative estimate of drug-likeness (QED) is 0.611. The molecule has 0 saturated carbocycles. The van der Waals surface area contributed by atoms with E-state index in [0.717, 1.165) is 9.26 Å². The third-order valence-corrected chi connectivity index (χ3v) is 4.75. The summed E-state index contributed by atoms with van der Waals surface area (Å²) in [6.07, 6.45) is 1.49. The molecule has 0 aliphatic rings. The van der Waals surface area contributed by atoms with Crippen molar-refractivity contribution in [3.8, 4) is 11.4 Å². The number of aromatic nitrogens is 4. The van der Waals surface area contributed by atoms with E-state index in [0.29, 0.717) is 22.0 Å². The lowest BCUT2D eigenvalue weighted by molar-refractivity contribution is 0.102. The lowest BCUT2D eigenvalue weighted by Gasteiger charge is -2.11. The monoisotopic (exact) mass is 455 g/mol. The number of carbonyl (C=O) groups is 1. The highest BCUT2D eigenvalue weighted by atomic mass is 127. The van der Waals surface area contributed by atoms with Gasteiger partial charge in [0.1, 0.15) is 12.1 Å². The zero-order valence-corrected chi connectivity index (χ0v) is 15.3. The fraction of sp³-hybridized carbons (Fsp3) is 0.0667. The Kier molecular flexibility index (Phi) is 4.95.